The molecular weight excluding hydrogens is 360 g/mol. The Balaban J connectivity index is 2.09. The zero-order valence-electron chi connectivity index (χ0n) is 13.8. The molecule has 0 fully saturated rings. The van der Waals surface area contributed by atoms with Gasteiger partial charge in [-0.2, -0.15) is 0 Å². The van der Waals surface area contributed by atoms with Crippen LogP contribution in [0.15, 0.2) is 48.5 Å². The molecule has 134 valence electrons. The van der Waals surface area contributed by atoms with Crippen LogP contribution in [0.2, 0.25) is 5.02 Å². The van der Waals surface area contributed by atoms with E-state index in [0.717, 1.165) is 11.6 Å². The van der Waals surface area contributed by atoms with Gasteiger partial charge in [-0.3, -0.25) is 14.9 Å². The quantitative estimate of drug-likeness (QED) is 0.355. The van der Waals surface area contributed by atoms with Crippen LogP contribution in [-0.2, 0) is 9.53 Å². The molecule has 0 spiro atoms. The number of hydrogen-bond acceptors (Lipinski definition) is 5. The number of esters is 1. The van der Waals surface area contributed by atoms with Crippen molar-refractivity contribution in [2.24, 2.45) is 0 Å². The summed E-state index contributed by atoms with van der Waals surface area (Å²) >= 11 is 5.95. The smallest absolute Gasteiger partial charge is 0.330 e. The first kappa shape index (κ1) is 19.1. The minimum Gasteiger partial charge on any atom is -0.463 e. The molecule has 0 atom stereocenters. The fraction of sp³-hybridized carbons (Fsp3) is 0.111. The van der Waals surface area contributed by atoms with E-state index < -0.39 is 16.8 Å². The SMILES string of the molecule is CCOC(=O)/C=C/c1ccc(NC(=O)c2cc([N+](=O)[O-])ccc2Cl)cc1. The van der Waals surface area contributed by atoms with Gasteiger partial charge in [-0.1, -0.05) is 23.7 Å². The summed E-state index contributed by atoms with van der Waals surface area (Å²) in [7, 11) is 0. The summed E-state index contributed by atoms with van der Waals surface area (Å²) in [6.07, 6.45) is 2.89. The first-order chi connectivity index (χ1) is 12.4. The second-order valence-corrected chi connectivity index (χ2v) is 5.49. The fourth-order valence-corrected chi connectivity index (χ4v) is 2.23. The van der Waals surface area contributed by atoms with Crippen molar-refractivity contribution in [2.75, 3.05) is 11.9 Å². The maximum Gasteiger partial charge on any atom is 0.330 e. The summed E-state index contributed by atoms with van der Waals surface area (Å²) in [5.74, 6) is -1.00. The van der Waals surface area contributed by atoms with Gasteiger partial charge in [0.05, 0.1) is 22.1 Å². The molecule has 7 nitrogen and oxygen atoms in total. The fourth-order valence-electron chi connectivity index (χ4n) is 2.03. The summed E-state index contributed by atoms with van der Waals surface area (Å²) in [4.78, 5) is 33.8. The van der Waals surface area contributed by atoms with Crippen LogP contribution in [0.4, 0.5) is 11.4 Å². The minimum atomic E-state index is -0.599. The van der Waals surface area contributed by atoms with E-state index >= 15 is 0 Å². The van der Waals surface area contributed by atoms with Gasteiger partial charge in [-0.15, -0.1) is 0 Å². The lowest BCUT2D eigenvalue weighted by atomic mass is 10.1. The Hall–Kier alpha value is -3.19. The van der Waals surface area contributed by atoms with Crippen molar-refractivity contribution >= 4 is 40.9 Å². The average Bonchev–Trinajstić information content (AvgIpc) is 2.61. The van der Waals surface area contributed by atoms with Gasteiger partial charge in [0.15, 0.2) is 0 Å². The molecule has 0 heterocycles. The molecule has 0 radical (unpaired) electrons. The van der Waals surface area contributed by atoms with E-state index in [1.807, 2.05) is 0 Å². The lowest BCUT2D eigenvalue weighted by molar-refractivity contribution is -0.384. The number of carbonyl (C=O) groups is 2. The van der Waals surface area contributed by atoms with E-state index in [-0.39, 0.29) is 16.3 Å². The third-order valence-corrected chi connectivity index (χ3v) is 3.60. The number of ether oxygens (including phenoxy) is 1. The van der Waals surface area contributed by atoms with Crippen LogP contribution in [0.25, 0.3) is 6.08 Å². The summed E-state index contributed by atoms with van der Waals surface area (Å²) in [6.45, 7) is 2.02. The highest BCUT2D eigenvalue weighted by atomic mass is 35.5. The maximum atomic E-state index is 12.3. The van der Waals surface area contributed by atoms with E-state index in [0.29, 0.717) is 12.3 Å². The number of nitro benzene ring substituents is 1. The first-order valence-electron chi connectivity index (χ1n) is 7.61. The molecule has 0 aliphatic heterocycles. The van der Waals surface area contributed by atoms with Gasteiger partial charge >= 0.3 is 5.97 Å². The van der Waals surface area contributed by atoms with Crippen molar-refractivity contribution < 1.29 is 19.2 Å². The zero-order chi connectivity index (χ0) is 19.1. The molecule has 0 saturated heterocycles. The maximum absolute atomic E-state index is 12.3. The Morgan fingerprint density at radius 1 is 1.23 bits per heavy atom. The predicted molar refractivity (Wildman–Crippen MR) is 98.2 cm³/mol. The third-order valence-electron chi connectivity index (χ3n) is 3.27. The summed E-state index contributed by atoms with van der Waals surface area (Å²) in [6, 6.07) is 10.3. The molecule has 1 amide bonds. The van der Waals surface area contributed by atoms with Crippen LogP contribution >= 0.6 is 11.6 Å². The molecule has 0 aromatic heterocycles. The summed E-state index contributed by atoms with van der Waals surface area (Å²) < 4.78 is 4.78. The average molecular weight is 375 g/mol. The molecule has 1 N–H and O–H groups in total. The van der Waals surface area contributed by atoms with E-state index in [2.05, 4.69) is 5.32 Å². The Kier molecular flexibility index (Phi) is 6.46. The minimum absolute atomic E-state index is 0.00662. The molecule has 2 aromatic carbocycles. The first-order valence-corrected chi connectivity index (χ1v) is 7.98. The highest BCUT2D eigenvalue weighted by Crippen LogP contribution is 2.23. The number of nitrogens with one attached hydrogen (secondary N) is 1. The standard InChI is InChI=1S/C18H15ClN2O5/c1-2-26-17(22)10-5-12-3-6-13(7-4-12)20-18(23)15-11-14(21(24)25)8-9-16(15)19/h3-11H,2H2,1H3,(H,20,23)/b10-5+. The van der Waals surface area contributed by atoms with E-state index in [9.17, 15) is 19.7 Å². The van der Waals surface area contributed by atoms with Crippen LogP contribution in [0.1, 0.15) is 22.8 Å². The summed E-state index contributed by atoms with van der Waals surface area (Å²) in [5, 5.41) is 13.6. The molecule has 0 aliphatic rings. The number of benzene rings is 2. The third kappa shape index (κ3) is 5.15. The number of hydrogen-bond donors (Lipinski definition) is 1. The molecule has 26 heavy (non-hydrogen) atoms. The number of amides is 1. The number of anilines is 1. The predicted octanol–water partition coefficient (Wildman–Crippen LogP) is 4.08. The van der Waals surface area contributed by atoms with E-state index in [1.54, 1.807) is 37.3 Å². The van der Waals surface area contributed by atoms with Crippen molar-refractivity contribution in [3.63, 3.8) is 0 Å². The van der Waals surface area contributed by atoms with Gasteiger partial charge < -0.3 is 10.1 Å². The summed E-state index contributed by atoms with van der Waals surface area (Å²) in [5.41, 5.74) is 1.00. The van der Waals surface area contributed by atoms with Gasteiger partial charge in [0.25, 0.3) is 11.6 Å². The van der Waals surface area contributed by atoms with Crippen LogP contribution < -0.4 is 5.32 Å². The van der Waals surface area contributed by atoms with E-state index in [1.165, 1.54) is 18.2 Å². The number of nitrogens with zero attached hydrogens (tertiary/aromatic N) is 1. The molecule has 2 aromatic rings. The Bertz CT molecular complexity index is 862. The lowest BCUT2D eigenvalue weighted by Gasteiger charge is -2.07. The Labute approximate surface area is 154 Å². The zero-order valence-corrected chi connectivity index (χ0v) is 14.5. The van der Waals surface area contributed by atoms with Crippen molar-refractivity contribution in [3.8, 4) is 0 Å². The van der Waals surface area contributed by atoms with Crippen LogP contribution in [0.5, 0.6) is 0 Å². The molecular formula is C18H15ClN2O5. The highest BCUT2D eigenvalue weighted by Gasteiger charge is 2.16. The largest absolute Gasteiger partial charge is 0.463 e. The number of halogens is 1. The van der Waals surface area contributed by atoms with Crippen molar-refractivity contribution in [1.82, 2.24) is 0 Å². The second-order valence-electron chi connectivity index (χ2n) is 5.08. The van der Waals surface area contributed by atoms with Gasteiger partial charge in [0.1, 0.15) is 0 Å². The molecule has 0 bridgehead atoms. The van der Waals surface area contributed by atoms with E-state index in [4.69, 9.17) is 16.3 Å². The van der Waals surface area contributed by atoms with Gasteiger partial charge in [0.2, 0.25) is 0 Å². The van der Waals surface area contributed by atoms with Gasteiger partial charge in [0, 0.05) is 23.9 Å². The number of non-ortho nitro benzene ring substituents is 1. The lowest BCUT2D eigenvalue weighted by Crippen LogP contribution is -2.12. The molecule has 0 aliphatic carbocycles. The van der Waals surface area contributed by atoms with Crippen molar-refractivity contribution in [1.29, 1.82) is 0 Å². The number of rotatable bonds is 6. The van der Waals surface area contributed by atoms with Crippen molar-refractivity contribution in [3.05, 3.63) is 74.8 Å². The molecule has 0 unspecified atom stereocenters. The molecule has 0 saturated carbocycles. The normalized spacial score (nSPS) is 10.5. The Morgan fingerprint density at radius 3 is 2.54 bits per heavy atom. The number of carbonyl (C=O) groups excluding carboxylic acids is 2. The Morgan fingerprint density at radius 2 is 1.92 bits per heavy atom. The number of nitro groups is 1. The van der Waals surface area contributed by atoms with Crippen LogP contribution in [-0.4, -0.2) is 23.4 Å². The van der Waals surface area contributed by atoms with Crippen LogP contribution in [0, 0.1) is 10.1 Å². The topological polar surface area (TPSA) is 98.5 Å². The van der Waals surface area contributed by atoms with Gasteiger partial charge in [-0.25, -0.2) is 4.79 Å². The van der Waals surface area contributed by atoms with Crippen LogP contribution in [0.3, 0.4) is 0 Å². The second kappa shape index (κ2) is 8.77. The molecule has 2 rings (SSSR count). The van der Waals surface area contributed by atoms with Crippen molar-refractivity contribution in [2.45, 2.75) is 6.92 Å². The highest BCUT2D eigenvalue weighted by molar-refractivity contribution is 6.34. The monoisotopic (exact) mass is 374 g/mol. The molecule has 8 heteroatoms. The van der Waals surface area contributed by atoms with Gasteiger partial charge in [-0.05, 0) is 36.8 Å².